The Hall–Kier alpha value is -1.41. The number of halogens is 3. The van der Waals surface area contributed by atoms with Crippen molar-refractivity contribution in [1.29, 1.82) is 0 Å². The van der Waals surface area contributed by atoms with Gasteiger partial charge in [0, 0.05) is 17.3 Å². The van der Waals surface area contributed by atoms with E-state index in [0.29, 0.717) is 11.8 Å². The lowest BCUT2D eigenvalue weighted by Crippen LogP contribution is -2.25. The zero-order valence-corrected chi connectivity index (χ0v) is 11.9. The monoisotopic (exact) mass is 321 g/mol. The zero-order chi connectivity index (χ0) is 15.2. The van der Waals surface area contributed by atoms with Gasteiger partial charge in [-0.3, -0.25) is 4.79 Å². The average Bonchev–Trinajstić information content (AvgIpc) is 2.36. The number of benzene rings is 1. The molecular weight excluding hydrogens is 311 g/mol. The second-order valence-corrected chi connectivity index (χ2v) is 4.93. The Balaban J connectivity index is 2.98. The molecule has 108 valence electrons. The number of alkyl halides is 3. The Kier molecular flexibility index (Phi) is 6.15. The van der Waals surface area contributed by atoms with Gasteiger partial charge in [0.25, 0.3) is 0 Å². The smallest absolute Gasteiger partial charge is 0.434 e. The molecule has 1 rings (SSSR count). The Labute approximate surface area is 123 Å². The van der Waals surface area contributed by atoms with Gasteiger partial charge in [-0.25, -0.2) is 0 Å². The normalized spacial score (nSPS) is 12.1. The van der Waals surface area contributed by atoms with Gasteiger partial charge in [-0.15, -0.1) is 0 Å². The van der Waals surface area contributed by atoms with Crippen LogP contribution in [-0.4, -0.2) is 28.1 Å². The molecule has 0 N–H and O–H groups in total. The molecule has 3 nitrogen and oxygen atoms in total. The summed E-state index contributed by atoms with van der Waals surface area (Å²) in [7, 11) is 0. The van der Waals surface area contributed by atoms with Crippen LogP contribution in [0.15, 0.2) is 35.3 Å². The predicted octanol–water partition coefficient (Wildman–Crippen LogP) is 4.21. The van der Waals surface area contributed by atoms with Crippen molar-refractivity contribution in [3.8, 4) is 0 Å². The van der Waals surface area contributed by atoms with Crippen LogP contribution in [0.2, 0.25) is 0 Å². The van der Waals surface area contributed by atoms with Crippen molar-refractivity contribution in [2.24, 2.45) is 4.99 Å². The third-order valence-electron chi connectivity index (χ3n) is 1.95. The number of amides is 1. The highest BCUT2D eigenvalue weighted by molar-refractivity contribution is 8.32. The summed E-state index contributed by atoms with van der Waals surface area (Å²) in [5.74, 6) is 0. The van der Waals surface area contributed by atoms with E-state index >= 15 is 0 Å². The highest BCUT2D eigenvalue weighted by Gasteiger charge is 2.37. The molecule has 0 fully saturated rings. The topological polar surface area (TPSA) is 38.7 Å². The van der Waals surface area contributed by atoms with E-state index in [1.807, 2.05) is 0 Å². The van der Waals surface area contributed by atoms with E-state index in [-0.39, 0.29) is 16.6 Å². The number of ether oxygens (including phenoxy) is 1. The molecule has 1 amide bonds. The Morgan fingerprint density at radius 3 is 2.45 bits per heavy atom. The molecule has 1 aromatic rings. The summed E-state index contributed by atoms with van der Waals surface area (Å²) in [6.45, 7) is 1.87. The van der Waals surface area contributed by atoms with Crippen molar-refractivity contribution < 1.29 is 22.7 Å². The first-order valence-corrected chi connectivity index (χ1v) is 6.67. The van der Waals surface area contributed by atoms with Gasteiger partial charge in [0.2, 0.25) is 4.38 Å². The summed E-state index contributed by atoms with van der Waals surface area (Å²) in [6.07, 6.45) is -4.73. The number of rotatable bonds is 2. The molecule has 0 aliphatic heterocycles. The van der Waals surface area contributed by atoms with Gasteiger partial charge in [0.05, 0.1) is 6.61 Å². The van der Waals surface area contributed by atoms with Crippen LogP contribution in [0.4, 0.5) is 18.0 Å². The van der Waals surface area contributed by atoms with Gasteiger partial charge >= 0.3 is 11.4 Å². The number of thioether (sulfide) groups is 1. The standard InChI is InChI=1S/C12H10F3NO2S2/c1-2-18-11(19)20-10(17)16-9(12(13,14)15)8-6-4-3-5-7-8/h3-7H,2H2,1H3. The molecule has 0 heterocycles. The maximum atomic E-state index is 12.9. The number of aliphatic imine (C=N–C) groups is 1. The van der Waals surface area contributed by atoms with Crippen LogP contribution in [-0.2, 0) is 4.74 Å². The number of carbonyl (C=O) groups excluding carboxylic acids is 1. The minimum Gasteiger partial charge on any atom is -0.479 e. The first-order valence-electron chi connectivity index (χ1n) is 5.44. The van der Waals surface area contributed by atoms with Crippen molar-refractivity contribution in [3.05, 3.63) is 35.9 Å². The lowest BCUT2D eigenvalue weighted by molar-refractivity contribution is -0.0580. The number of thiocarbonyl (C=S) groups is 1. The first-order chi connectivity index (χ1) is 9.34. The lowest BCUT2D eigenvalue weighted by atomic mass is 10.1. The highest BCUT2D eigenvalue weighted by Crippen LogP contribution is 2.24. The van der Waals surface area contributed by atoms with E-state index in [1.165, 1.54) is 24.3 Å². The van der Waals surface area contributed by atoms with E-state index in [4.69, 9.17) is 4.74 Å². The second-order valence-electron chi connectivity index (χ2n) is 3.38. The van der Waals surface area contributed by atoms with Gasteiger partial charge in [-0.2, -0.15) is 18.2 Å². The van der Waals surface area contributed by atoms with E-state index in [0.717, 1.165) is 0 Å². The average molecular weight is 321 g/mol. The predicted molar refractivity (Wildman–Crippen MR) is 76.2 cm³/mol. The van der Waals surface area contributed by atoms with Crippen LogP contribution in [0.1, 0.15) is 12.5 Å². The molecule has 0 bridgehead atoms. The molecule has 0 unspecified atom stereocenters. The van der Waals surface area contributed by atoms with Gasteiger partial charge in [0.1, 0.15) is 0 Å². The number of nitrogens with zero attached hydrogens (tertiary/aromatic N) is 1. The summed E-state index contributed by atoms with van der Waals surface area (Å²) < 4.78 is 43.3. The molecule has 0 saturated carbocycles. The van der Waals surface area contributed by atoms with Crippen LogP contribution in [0, 0.1) is 0 Å². The Bertz CT molecular complexity index is 515. The minimum atomic E-state index is -4.73. The Morgan fingerprint density at radius 1 is 1.35 bits per heavy atom. The molecular formula is C12H10F3NO2S2. The number of carbonyl (C=O) groups is 1. The van der Waals surface area contributed by atoms with Crippen molar-refractivity contribution in [2.75, 3.05) is 6.61 Å². The Morgan fingerprint density at radius 2 is 1.95 bits per heavy atom. The highest BCUT2D eigenvalue weighted by atomic mass is 32.2. The quantitative estimate of drug-likeness (QED) is 0.604. The van der Waals surface area contributed by atoms with E-state index in [2.05, 4.69) is 17.2 Å². The molecule has 0 aliphatic carbocycles. The summed E-state index contributed by atoms with van der Waals surface area (Å²) in [6, 6.07) is 6.88. The SMILES string of the molecule is CCOC(=S)SC(=O)N=C(c1ccccc1)C(F)(F)F. The van der Waals surface area contributed by atoms with Crippen LogP contribution < -0.4 is 0 Å². The van der Waals surface area contributed by atoms with Crippen LogP contribution in [0.3, 0.4) is 0 Å². The van der Waals surface area contributed by atoms with Crippen molar-refractivity contribution >= 4 is 39.3 Å². The van der Waals surface area contributed by atoms with Crippen LogP contribution >= 0.6 is 24.0 Å². The summed E-state index contributed by atoms with van der Waals surface area (Å²) in [5, 5.41) is -1.07. The van der Waals surface area contributed by atoms with Crippen LogP contribution in [0.5, 0.6) is 0 Å². The number of hydrogen-bond acceptors (Lipinski definition) is 4. The molecule has 20 heavy (non-hydrogen) atoms. The third-order valence-corrected chi connectivity index (χ3v) is 2.87. The van der Waals surface area contributed by atoms with Crippen molar-refractivity contribution in [1.82, 2.24) is 0 Å². The maximum Gasteiger partial charge on any atom is 0.434 e. The molecule has 0 saturated heterocycles. The van der Waals surface area contributed by atoms with Gasteiger partial charge in [-0.1, -0.05) is 30.3 Å². The van der Waals surface area contributed by atoms with E-state index < -0.39 is 17.1 Å². The third kappa shape index (κ3) is 5.30. The molecule has 0 aromatic heterocycles. The minimum absolute atomic E-state index is 0.157. The molecule has 0 aliphatic rings. The fourth-order valence-corrected chi connectivity index (χ4v) is 2.01. The molecule has 0 atom stereocenters. The fourth-order valence-electron chi connectivity index (χ4n) is 1.22. The largest absolute Gasteiger partial charge is 0.479 e. The molecule has 8 heteroatoms. The molecule has 0 spiro atoms. The second kappa shape index (κ2) is 7.39. The summed E-state index contributed by atoms with van der Waals surface area (Å²) >= 11 is 5.01. The van der Waals surface area contributed by atoms with Crippen molar-refractivity contribution in [3.63, 3.8) is 0 Å². The van der Waals surface area contributed by atoms with Gasteiger partial charge < -0.3 is 4.74 Å². The first kappa shape index (κ1) is 16.6. The summed E-state index contributed by atoms with van der Waals surface area (Å²) in [4.78, 5) is 14.6. The molecule has 1 aromatic carbocycles. The van der Waals surface area contributed by atoms with E-state index in [9.17, 15) is 18.0 Å². The molecule has 0 radical (unpaired) electrons. The van der Waals surface area contributed by atoms with Crippen molar-refractivity contribution in [2.45, 2.75) is 13.1 Å². The summed E-state index contributed by atoms with van der Waals surface area (Å²) in [5.41, 5.74) is -1.44. The fraction of sp³-hybridized carbons (Fsp3) is 0.250. The maximum absolute atomic E-state index is 12.9. The van der Waals surface area contributed by atoms with Gasteiger partial charge in [0.15, 0.2) is 5.71 Å². The van der Waals surface area contributed by atoms with E-state index in [1.54, 1.807) is 13.0 Å². The van der Waals surface area contributed by atoms with Gasteiger partial charge in [-0.05, 0) is 19.1 Å². The van der Waals surface area contributed by atoms with Crippen LogP contribution in [0.25, 0.3) is 0 Å². The zero-order valence-electron chi connectivity index (χ0n) is 10.3. The number of hydrogen-bond donors (Lipinski definition) is 0. The lowest BCUT2D eigenvalue weighted by Gasteiger charge is -2.10.